The second-order valence-corrected chi connectivity index (χ2v) is 7.51. The van der Waals surface area contributed by atoms with Crippen LogP contribution in [-0.2, 0) is 0 Å². The van der Waals surface area contributed by atoms with Crippen molar-refractivity contribution in [1.29, 1.82) is 0 Å². The quantitative estimate of drug-likeness (QED) is 0.710. The minimum atomic E-state index is -0.511. The molecule has 6 heteroatoms. The Morgan fingerprint density at radius 1 is 1.31 bits per heavy atom. The van der Waals surface area contributed by atoms with Crippen LogP contribution in [0, 0.1) is 5.82 Å². The summed E-state index contributed by atoms with van der Waals surface area (Å²) in [6.45, 7) is 3.11. The second kappa shape index (κ2) is 9.26. The van der Waals surface area contributed by atoms with Crippen LogP contribution < -0.4 is 10.1 Å². The molecule has 1 N–H and O–H groups in total. The van der Waals surface area contributed by atoms with Gasteiger partial charge in [-0.1, -0.05) is 12.5 Å². The Morgan fingerprint density at radius 3 is 2.77 bits per heavy atom. The predicted molar refractivity (Wildman–Crippen MR) is 103 cm³/mol. The minimum Gasteiger partial charge on any atom is -0.494 e. The van der Waals surface area contributed by atoms with E-state index in [9.17, 15) is 9.18 Å². The molecule has 0 saturated carbocycles. The molecule has 26 heavy (non-hydrogen) atoms. The Morgan fingerprint density at radius 2 is 2.12 bits per heavy atom. The maximum absolute atomic E-state index is 13.8. The van der Waals surface area contributed by atoms with Gasteiger partial charge in [-0.3, -0.25) is 9.69 Å². The Kier molecular flexibility index (Phi) is 6.77. The summed E-state index contributed by atoms with van der Waals surface area (Å²) in [5, 5.41) is 5.37. The molecule has 1 unspecified atom stereocenters. The normalized spacial score (nSPS) is 16.4. The molecule has 0 amide bonds. The first-order valence-corrected chi connectivity index (χ1v) is 9.92. The maximum Gasteiger partial charge on any atom is 0.176 e. The molecule has 1 atom stereocenters. The molecular formula is C20H25FN2O2S. The summed E-state index contributed by atoms with van der Waals surface area (Å²) < 4.78 is 18.7. The molecule has 0 aliphatic carbocycles. The van der Waals surface area contributed by atoms with Gasteiger partial charge < -0.3 is 10.1 Å². The van der Waals surface area contributed by atoms with Crippen molar-refractivity contribution < 1.29 is 13.9 Å². The van der Waals surface area contributed by atoms with Gasteiger partial charge >= 0.3 is 0 Å². The van der Waals surface area contributed by atoms with E-state index >= 15 is 0 Å². The number of hydrogen-bond acceptors (Lipinski definition) is 5. The highest BCUT2D eigenvalue weighted by Gasteiger charge is 2.23. The van der Waals surface area contributed by atoms with E-state index in [2.05, 4.69) is 27.7 Å². The van der Waals surface area contributed by atoms with Gasteiger partial charge in [-0.2, -0.15) is 0 Å². The van der Waals surface area contributed by atoms with E-state index in [0.717, 1.165) is 13.1 Å². The number of piperidine rings is 1. The van der Waals surface area contributed by atoms with Crippen molar-refractivity contribution in [2.75, 3.05) is 33.3 Å². The highest BCUT2D eigenvalue weighted by atomic mass is 32.1. The summed E-state index contributed by atoms with van der Waals surface area (Å²) in [7, 11) is 1.41. The van der Waals surface area contributed by atoms with Crippen LogP contribution in [0.25, 0.3) is 0 Å². The van der Waals surface area contributed by atoms with E-state index in [0.29, 0.717) is 12.1 Å². The number of benzene rings is 1. The Hall–Kier alpha value is -1.76. The first kappa shape index (κ1) is 19.0. The van der Waals surface area contributed by atoms with Crippen molar-refractivity contribution in [3.05, 3.63) is 52.0 Å². The zero-order valence-corrected chi connectivity index (χ0v) is 15.9. The largest absolute Gasteiger partial charge is 0.494 e. The number of carbonyl (C=O) groups excluding carboxylic acids is 1. The van der Waals surface area contributed by atoms with Crippen LogP contribution in [0.5, 0.6) is 5.75 Å². The fourth-order valence-corrected chi connectivity index (χ4v) is 4.25. The van der Waals surface area contributed by atoms with E-state index in [1.165, 1.54) is 43.4 Å². The van der Waals surface area contributed by atoms with Gasteiger partial charge in [0.25, 0.3) is 0 Å². The van der Waals surface area contributed by atoms with Crippen molar-refractivity contribution in [3.8, 4) is 5.75 Å². The number of halogens is 1. The van der Waals surface area contributed by atoms with Gasteiger partial charge in [0.15, 0.2) is 17.3 Å². The lowest BCUT2D eigenvalue weighted by Gasteiger charge is -2.34. The van der Waals surface area contributed by atoms with E-state index in [1.807, 2.05) is 0 Å². The monoisotopic (exact) mass is 376 g/mol. The molecule has 0 spiro atoms. The highest BCUT2D eigenvalue weighted by Crippen LogP contribution is 2.27. The lowest BCUT2D eigenvalue weighted by atomic mass is 10.1. The number of rotatable bonds is 8. The van der Waals surface area contributed by atoms with Crippen LogP contribution in [0.4, 0.5) is 4.39 Å². The van der Waals surface area contributed by atoms with E-state index in [1.54, 1.807) is 17.4 Å². The third-order valence-electron chi connectivity index (χ3n) is 4.80. The lowest BCUT2D eigenvalue weighted by molar-refractivity contribution is 0.0983. The van der Waals surface area contributed by atoms with Gasteiger partial charge in [0, 0.05) is 17.0 Å². The number of Topliss-reactive ketones (excluding diaryl/α,β-unsaturated/α-hetero) is 1. The molecule has 0 radical (unpaired) electrons. The average Bonchev–Trinajstić information content (AvgIpc) is 3.20. The van der Waals surface area contributed by atoms with Crippen molar-refractivity contribution >= 4 is 17.1 Å². The Bertz CT molecular complexity index is 715. The Labute approximate surface area is 158 Å². The first-order chi connectivity index (χ1) is 12.7. The predicted octanol–water partition coefficient (Wildman–Crippen LogP) is 3.90. The summed E-state index contributed by atoms with van der Waals surface area (Å²) in [6.07, 6.45) is 3.75. The molecule has 0 bridgehead atoms. The highest BCUT2D eigenvalue weighted by molar-refractivity contribution is 7.10. The maximum atomic E-state index is 13.8. The number of hydrogen-bond donors (Lipinski definition) is 1. The number of carbonyl (C=O) groups is 1. The average molecular weight is 376 g/mol. The zero-order valence-electron chi connectivity index (χ0n) is 15.0. The summed E-state index contributed by atoms with van der Waals surface area (Å²) in [6, 6.07) is 8.85. The lowest BCUT2D eigenvalue weighted by Crippen LogP contribution is -2.39. The summed E-state index contributed by atoms with van der Waals surface area (Å²) in [4.78, 5) is 16.2. The van der Waals surface area contributed by atoms with Gasteiger partial charge in [0.1, 0.15) is 0 Å². The molecule has 1 fully saturated rings. The van der Waals surface area contributed by atoms with E-state index < -0.39 is 5.82 Å². The fraction of sp³-hybridized carbons (Fsp3) is 0.450. The molecule has 4 nitrogen and oxygen atoms in total. The van der Waals surface area contributed by atoms with Gasteiger partial charge in [0.2, 0.25) is 0 Å². The number of nitrogens with zero attached hydrogens (tertiary/aromatic N) is 1. The molecule has 1 aliphatic rings. The van der Waals surface area contributed by atoms with Crippen molar-refractivity contribution in [1.82, 2.24) is 10.2 Å². The van der Waals surface area contributed by atoms with E-state index in [4.69, 9.17) is 4.74 Å². The molecule has 140 valence electrons. The molecule has 2 heterocycles. The molecule has 2 aromatic rings. The van der Waals surface area contributed by atoms with Gasteiger partial charge in [-0.25, -0.2) is 4.39 Å². The summed E-state index contributed by atoms with van der Waals surface area (Å²) in [5.41, 5.74) is 0.362. The van der Waals surface area contributed by atoms with E-state index in [-0.39, 0.29) is 24.1 Å². The van der Waals surface area contributed by atoms with Crippen molar-refractivity contribution in [3.63, 3.8) is 0 Å². The van der Waals surface area contributed by atoms with Crippen LogP contribution in [-0.4, -0.2) is 44.0 Å². The van der Waals surface area contributed by atoms with Crippen LogP contribution >= 0.6 is 11.3 Å². The topological polar surface area (TPSA) is 41.6 Å². The number of thiophene rings is 1. The first-order valence-electron chi connectivity index (χ1n) is 9.04. The van der Waals surface area contributed by atoms with Crippen LogP contribution in [0.3, 0.4) is 0 Å². The molecule has 3 rings (SSSR count). The summed E-state index contributed by atoms with van der Waals surface area (Å²) in [5.74, 6) is -0.476. The molecule has 1 aromatic carbocycles. The standard InChI is InChI=1S/C20H25FN2O2S/c1-25-19-8-7-15(12-16(19)21)18(24)14-22-13-17(20-6-5-11-26-20)23-9-3-2-4-10-23/h5-8,11-12,17,22H,2-4,9-10,13-14H2,1H3. The molecule has 1 aliphatic heterocycles. The van der Waals surface area contributed by atoms with Crippen LogP contribution in [0.1, 0.15) is 40.5 Å². The minimum absolute atomic E-state index is 0.116. The smallest absolute Gasteiger partial charge is 0.176 e. The number of likely N-dealkylation sites (tertiary alicyclic amines) is 1. The van der Waals surface area contributed by atoms with Gasteiger partial charge in [0.05, 0.1) is 19.7 Å². The zero-order chi connectivity index (χ0) is 18.4. The fourth-order valence-electron chi connectivity index (χ4n) is 3.38. The Balaban J connectivity index is 1.59. The van der Waals surface area contributed by atoms with Crippen molar-refractivity contribution in [2.45, 2.75) is 25.3 Å². The number of ketones is 1. The third kappa shape index (κ3) is 4.69. The molecular weight excluding hydrogens is 351 g/mol. The number of ether oxygens (including phenoxy) is 1. The second-order valence-electron chi connectivity index (χ2n) is 6.53. The molecule has 1 saturated heterocycles. The number of methoxy groups -OCH3 is 1. The third-order valence-corrected chi connectivity index (χ3v) is 5.77. The SMILES string of the molecule is COc1ccc(C(=O)CNCC(c2cccs2)N2CCCCC2)cc1F. The number of nitrogens with one attached hydrogen (secondary N) is 1. The summed E-state index contributed by atoms with van der Waals surface area (Å²) >= 11 is 1.76. The van der Waals surface area contributed by atoms with Gasteiger partial charge in [-0.05, 0) is 55.6 Å². The van der Waals surface area contributed by atoms with Crippen LogP contribution in [0.2, 0.25) is 0 Å². The van der Waals surface area contributed by atoms with Crippen molar-refractivity contribution in [2.24, 2.45) is 0 Å². The molecule has 1 aromatic heterocycles. The van der Waals surface area contributed by atoms with Gasteiger partial charge in [-0.15, -0.1) is 11.3 Å². The van der Waals surface area contributed by atoms with Crippen LogP contribution in [0.15, 0.2) is 35.7 Å².